The smallest absolute Gasteiger partial charge is 0.0406 e. The minimum Gasteiger partial charge on any atom is -0.306 e. The van der Waals surface area contributed by atoms with E-state index in [2.05, 4.69) is 16.4 Å². The lowest BCUT2D eigenvalue weighted by Gasteiger charge is -2.36. The number of nitrogens with one attached hydrogen (secondary N) is 1. The molecule has 0 unspecified atom stereocenters. The summed E-state index contributed by atoms with van der Waals surface area (Å²) in [6.07, 6.45) is 10.1. The number of alkyl halides is 1. The van der Waals surface area contributed by atoms with Crippen LogP contribution >= 0.6 is 11.6 Å². The van der Waals surface area contributed by atoms with Crippen molar-refractivity contribution in [3.8, 4) is 0 Å². The van der Waals surface area contributed by atoms with Gasteiger partial charge in [0.15, 0.2) is 0 Å². The molecule has 1 saturated carbocycles. The van der Waals surface area contributed by atoms with Gasteiger partial charge in [0.05, 0.1) is 0 Å². The van der Waals surface area contributed by atoms with Crippen LogP contribution in [0.2, 0.25) is 0 Å². The molecule has 1 fully saturated rings. The van der Waals surface area contributed by atoms with Gasteiger partial charge < -0.3 is 5.32 Å². The highest BCUT2D eigenvalue weighted by Crippen LogP contribution is 2.29. The standard InChI is InChI=1S/C13H19ClN2/c14-11-13(6-2-1-3-7-13)16-10-12-5-4-8-15-9-12/h4-5,8-9,16H,1-3,6-7,10-11H2. The second-order valence-corrected chi connectivity index (χ2v) is 4.96. The van der Waals surface area contributed by atoms with E-state index in [-0.39, 0.29) is 5.54 Å². The van der Waals surface area contributed by atoms with Crippen LogP contribution in [0.1, 0.15) is 37.7 Å². The molecule has 0 saturated heterocycles. The molecule has 0 aromatic carbocycles. The van der Waals surface area contributed by atoms with E-state index in [0.717, 1.165) is 6.54 Å². The van der Waals surface area contributed by atoms with Crippen molar-refractivity contribution in [3.63, 3.8) is 0 Å². The van der Waals surface area contributed by atoms with Gasteiger partial charge in [-0.25, -0.2) is 0 Å². The quantitative estimate of drug-likeness (QED) is 0.816. The summed E-state index contributed by atoms with van der Waals surface area (Å²) in [5, 5.41) is 3.63. The number of rotatable bonds is 4. The first-order chi connectivity index (χ1) is 7.85. The zero-order chi connectivity index (χ0) is 11.3. The first-order valence-electron chi connectivity index (χ1n) is 6.05. The monoisotopic (exact) mass is 238 g/mol. The lowest BCUT2D eigenvalue weighted by Crippen LogP contribution is -2.48. The molecule has 0 spiro atoms. The van der Waals surface area contributed by atoms with Gasteiger partial charge >= 0.3 is 0 Å². The van der Waals surface area contributed by atoms with Gasteiger partial charge in [-0.05, 0) is 24.5 Å². The second-order valence-electron chi connectivity index (χ2n) is 4.69. The Labute approximate surface area is 102 Å². The number of hydrogen-bond acceptors (Lipinski definition) is 2. The minimum absolute atomic E-state index is 0.162. The van der Waals surface area contributed by atoms with E-state index in [1.807, 2.05) is 12.3 Å². The third-order valence-corrected chi connectivity index (χ3v) is 3.97. The Hall–Kier alpha value is -0.600. The first kappa shape index (κ1) is 11.9. The van der Waals surface area contributed by atoms with E-state index in [4.69, 9.17) is 11.6 Å². The van der Waals surface area contributed by atoms with Crippen LogP contribution in [0, 0.1) is 0 Å². The Morgan fingerprint density at radius 2 is 2.12 bits per heavy atom. The van der Waals surface area contributed by atoms with Crippen molar-refractivity contribution in [3.05, 3.63) is 30.1 Å². The third-order valence-electron chi connectivity index (χ3n) is 3.46. The fraction of sp³-hybridized carbons (Fsp3) is 0.615. The molecule has 1 aromatic heterocycles. The Morgan fingerprint density at radius 3 is 2.75 bits per heavy atom. The van der Waals surface area contributed by atoms with Gasteiger partial charge in [0.2, 0.25) is 0 Å². The fourth-order valence-electron chi connectivity index (χ4n) is 2.38. The number of pyridine rings is 1. The molecule has 1 aliphatic rings. The highest BCUT2D eigenvalue weighted by atomic mass is 35.5. The van der Waals surface area contributed by atoms with Crippen LogP contribution < -0.4 is 5.32 Å². The van der Waals surface area contributed by atoms with Crippen molar-refractivity contribution < 1.29 is 0 Å². The first-order valence-corrected chi connectivity index (χ1v) is 6.58. The lowest BCUT2D eigenvalue weighted by atomic mass is 9.83. The molecule has 2 rings (SSSR count). The summed E-state index contributed by atoms with van der Waals surface area (Å²) >= 11 is 6.13. The SMILES string of the molecule is ClCC1(NCc2cccnc2)CCCCC1. The summed E-state index contributed by atoms with van der Waals surface area (Å²) in [5.41, 5.74) is 1.40. The van der Waals surface area contributed by atoms with Gasteiger partial charge in [0.25, 0.3) is 0 Å². The molecule has 1 aliphatic carbocycles. The molecule has 0 amide bonds. The van der Waals surface area contributed by atoms with Gasteiger partial charge in [0.1, 0.15) is 0 Å². The van der Waals surface area contributed by atoms with Crippen molar-refractivity contribution in [1.29, 1.82) is 0 Å². The molecule has 1 N–H and O–H groups in total. The molecule has 1 heterocycles. The summed E-state index contributed by atoms with van der Waals surface area (Å²) in [7, 11) is 0. The van der Waals surface area contributed by atoms with Crippen LogP contribution in [0.3, 0.4) is 0 Å². The molecule has 88 valence electrons. The van der Waals surface area contributed by atoms with Crippen molar-refractivity contribution in [1.82, 2.24) is 10.3 Å². The summed E-state index contributed by atoms with van der Waals surface area (Å²) in [6.45, 7) is 0.876. The van der Waals surface area contributed by atoms with Gasteiger partial charge in [-0.2, -0.15) is 0 Å². The van der Waals surface area contributed by atoms with Crippen LogP contribution in [-0.2, 0) is 6.54 Å². The normalized spacial score (nSPS) is 19.6. The average molecular weight is 239 g/mol. The maximum Gasteiger partial charge on any atom is 0.0406 e. The van der Waals surface area contributed by atoms with Crippen LogP contribution in [0.25, 0.3) is 0 Å². The van der Waals surface area contributed by atoms with Crippen LogP contribution in [0.5, 0.6) is 0 Å². The van der Waals surface area contributed by atoms with Gasteiger partial charge in [-0.15, -0.1) is 11.6 Å². The second kappa shape index (κ2) is 5.65. The van der Waals surface area contributed by atoms with Crippen LogP contribution in [0.15, 0.2) is 24.5 Å². The largest absolute Gasteiger partial charge is 0.306 e. The van der Waals surface area contributed by atoms with Crippen LogP contribution in [0.4, 0.5) is 0 Å². The predicted octanol–water partition coefficient (Wildman–Crippen LogP) is 3.11. The Bertz CT molecular complexity index is 307. The lowest BCUT2D eigenvalue weighted by molar-refractivity contribution is 0.256. The van der Waals surface area contributed by atoms with Gasteiger partial charge in [-0.1, -0.05) is 25.3 Å². The van der Waals surface area contributed by atoms with Crippen molar-refractivity contribution in [2.24, 2.45) is 0 Å². The molecular weight excluding hydrogens is 220 g/mol. The number of nitrogens with zero attached hydrogens (tertiary/aromatic N) is 1. The summed E-state index contributed by atoms with van der Waals surface area (Å²) < 4.78 is 0. The molecular formula is C13H19ClN2. The topological polar surface area (TPSA) is 24.9 Å². The van der Waals surface area contributed by atoms with E-state index in [1.54, 1.807) is 6.20 Å². The predicted molar refractivity (Wildman–Crippen MR) is 67.6 cm³/mol. The number of aromatic nitrogens is 1. The summed E-state index contributed by atoms with van der Waals surface area (Å²) in [6, 6.07) is 4.08. The van der Waals surface area contributed by atoms with Gasteiger partial charge in [0, 0.05) is 30.4 Å². The molecule has 1 aromatic rings. The maximum absolute atomic E-state index is 6.13. The van der Waals surface area contributed by atoms with Crippen LogP contribution in [-0.4, -0.2) is 16.4 Å². The number of hydrogen-bond donors (Lipinski definition) is 1. The zero-order valence-corrected chi connectivity index (χ0v) is 10.3. The average Bonchev–Trinajstić information content (AvgIpc) is 2.39. The molecule has 3 heteroatoms. The molecule has 0 atom stereocenters. The molecule has 16 heavy (non-hydrogen) atoms. The summed E-state index contributed by atoms with van der Waals surface area (Å²) in [4.78, 5) is 4.12. The highest BCUT2D eigenvalue weighted by molar-refractivity contribution is 6.18. The zero-order valence-electron chi connectivity index (χ0n) is 9.58. The fourth-order valence-corrected chi connectivity index (χ4v) is 2.74. The Morgan fingerprint density at radius 1 is 1.31 bits per heavy atom. The maximum atomic E-state index is 6.13. The van der Waals surface area contributed by atoms with E-state index >= 15 is 0 Å². The number of halogens is 1. The third kappa shape index (κ3) is 2.96. The molecule has 2 nitrogen and oxygen atoms in total. The van der Waals surface area contributed by atoms with Crippen molar-refractivity contribution in [2.75, 3.05) is 5.88 Å². The minimum atomic E-state index is 0.162. The van der Waals surface area contributed by atoms with E-state index < -0.39 is 0 Å². The molecule has 0 aliphatic heterocycles. The van der Waals surface area contributed by atoms with Crippen molar-refractivity contribution in [2.45, 2.75) is 44.2 Å². The Kier molecular flexibility index (Phi) is 4.19. The van der Waals surface area contributed by atoms with E-state index in [0.29, 0.717) is 5.88 Å². The van der Waals surface area contributed by atoms with Gasteiger partial charge in [-0.3, -0.25) is 4.98 Å². The van der Waals surface area contributed by atoms with E-state index in [1.165, 1.54) is 37.7 Å². The molecule has 0 bridgehead atoms. The molecule has 0 radical (unpaired) electrons. The highest BCUT2D eigenvalue weighted by Gasteiger charge is 2.30. The van der Waals surface area contributed by atoms with E-state index in [9.17, 15) is 0 Å². The Balaban J connectivity index is 1.92. The summed E-state index contributed by atoms with van der Waals surface area (Å²) in [5.74, 6) is 0.716. The van der Waals surface area contributed by atoms with Crippen molar-refractivity contribution >= 4 is 11.6 Å².